The van der Waals surface area contributed by atoms with Crippen LogP contribution in [0.25, 0.3) is 16.8 Å². The van der Waals surface area contributed by atoms with Crippen LogP contribution in [0.3, 0.4) is 0 Å². The van der Waals surface area contributed by atoms with Crippen molar-refractivity contribution in [3.8, 4) is 11.1 Å². The minimum atomic E-state index is 1.04. The van der Waals surface area contributed by atoms with Crippen molar-refractivity contribution in [1.82, 2.24) is 0 Å². The van der Waals surface area contributed by atoms with Crippen LogP contribution < -0.4 is 9.80 Å². The third-order valence-corrected chi connectivity index (χ3v) is 7.43. The number of benzene rings is 5. The monoisotopic (exact) mass is 492 g/mol. The summed E-state index contributed by atoms with van der Waals surface area (Å²) in [6.45, 7) is 2.12. The van der Waals surface area contributed by atoms with E-state index in [1.54, 1.807) is 0 Å². The van der Waals surface area contributed by atoms with Gasteiger partial charge in [-0.3, -0.25) is 0 Å². The van der Waals surface area contributed by atoms with Crippen molar-refractivity contribution in [2.45, 2.75) is 19.8 Å². The first-order valence-corrected chi connectivity index (χ1v) is 13.3. The van der Waals surface area contributed by atoms with E-state index in [4.69, 9.17) is 0 Å². The van der Waals surface area contributed by atoms with E-state index < -0.39 is 0 Å². The fourth-order valence-electron chi connectivity index (χ4n) is 5.28. The number of hydrogen-bond donors (Lipinski definition) is 0. The van der Waals surface area contributed by atoms with Gasteiger partial charge in [-0.15, -0.1) is 0 Å². The number of allylic oxidation sites excluding steroid dienone is 1. The fraction of sp³-hybridized carbons (Fsp3) is 0.111. The number of fused-ring (bicyclic) bond motifs is 1. The minimum Gasteiger partial charge on any atom is -0.345 e. The van der Waals surface area contributed by atoms with Gasteiger partial charge in [-0.1, -0.05) is 90.5 Å². The average Bonchev–Trinajstić information content (AvgIpc) is 2.99. The van der Waals surface area contributed by atoms with E-state index in [1.165, 1.54) is 39.2 Å². The Labute approximate surface area is 226 Å². The molecule has 5 aromatic carbocycles. The molecule has 0 aromatic heterocycles. The lowest BCUT2D eigenvalue weighted by molar-refractivity contribution is 0.968. The molecule has 2 nitrogen and oxygen atoms in total. The summed E-state index contributed by atoms with van der Waals surface area (Å²) in [5, 5.41) is 0. The van der Waals surface area contributed by atoms with Crippen LogP contribution in [-0.4, -0.2) is 7.05 Å². The number of hydrogen-bond acceptors (Lipinski definition) is 2. The largest absolute Gasteiger partial charge is 0.345 e. The van der Waals surface area contributed by atoms with Gasteiger partial charge < -0.3 is 9.80 Å². The van der Waals surface area contributed by atoms with Crippen LogP contribution in [0.2, 0.25) is 0 Å². The normalized spacial score (nSPS) is 12.4. The molecule has 1 aliphatic carbocycles. The van der Waals surface area contributed by atoms with Crippen molar-refractivity contribution < 1.29 is 0 Å². The lowest BCUT2D eigenvalue weighted by atomic mass is 9.93. The molecule has 0 heterocycles. The summed E-state index contributed by atoms with van der Waals surface area (Å²) in [7, 11) is 2.12. The highest BCUT2D eigenvalue weighted by Gasteiger charge is 2.21. The summed E-state index contributed by atoms with van der Waals surface area (Å²) in [6, 6.07) is 45.9. The Morgan fingerprint density at radius 2 is 1.05 bits per heavy atom. The quantitative estimate of drug-likeness (QED) is 0.233. The maximum atomic E-state index is 2.41. The smallest absolute Gasteiger partial charge is 0.0497 e. The molecule has 0 N–H and O–H groups in total. The van der Waals surface area contributed by atoms with Crippen LogP contribution in [0.5, 0.6) is 0 Å². The molecule has 2 heteroatoms. The van der Waals surface area contributed by atoms with Gasteiger partial charge >= 0.3 is 0 Å². The number of nitrogens with zero attached hydrogens (tertiary/aromatic N) is 2. The van der Waals surface area contributed by atoms with E-state index in [0.717, 1.165) is 29.9 Å². The van der Waals surface area contributed by atoms with Crippen LogP contribution in [0.15, 0.2) is 133 Å². The third kappa shape index (κ3) is 4.73. The van der Waals surface area contributed by atoms with Gasteiger partial charge in [0.2, 0.25) is 0 Å². The predicted molar refractivity (Wildman–Crippen MR) is 162 cm³/mol. The zero-order chi connectivity index (χ0) is 25.9. The van der Waals surface area contributed by atoms with E-state index in [2.05, 4.69) is 157 Å². The zero-order valence-corrected chi connectivity index (χ0v) is 22.0. The van der Waals surface area contributed by atoms with Crippen molar-refractivity contribution in [1.29, 1.82) is 0 Å². The second-order valence-corrected chi connectivity index (χ2v) is 9.94. The van der Waals surface area contributed by atoms with E-state index in [1.807, 2.05) is 0 Å². The first-order valence-electron chi connectivity index (χ1n) is 13.3. The van der Waals surface area contributed by atoms with E-state index >= 15 is 0 Å². The van der Waals surface area contributed by atoms with Crippen molar-refractivity contribution in [2.24, 2.45) is 0 Å². The van der Waals surface area contributed by atoms with Gasteiger partial charge in [-0.05, 0) is 85.0 Å². The van der Waals surface area contributed by atoms with Gasteiger partial charge in [-0.25, -0.2) is 0 Å². The maximum absolute atomic E-state index is 2.41. The Morgan fingerprint density at radius 3 is 1.74 bits per heavy atom. The average molecular weight is 493 g/mol. The number of anilines is 4. The second-order valence-electron chi connectivity index (χ2n) is 9.94. The molecule has 0 bridgehead atoms. The summed E-state index contributed by atoms with van der Waals surface area (Å²) in [5.74, 6) is 0. The Morgan fingerprint density at radius 1 is 0.526 bits per heavy atom. The van der Waals surface area contributed by atoms with Crippen LogP contribution in [0, 0.1) is 6.92 Å². The highest BCUT2D eigenvalue weighted by molar-refractivity contribution is 5.90. The number of aryl methyl sites for hydroxylation is 2. The molecule has 0 aliphatic heterocycles. The van der Waals surface area contributed by atoms with E-state index in [-0.39, 0.29) is 0 Å². The first kappa shape index (κ1) is 23.8. The van der Waals surface area contributed by atoms with Crippen LogP contribution >= 0.6 is 0 Å². The molecule has 0 fully saturated rings. The lowest BCUT2D eigenvalue weighted by Gasteiger charge is -2.32. The lowest BCUT2D eigenvalue weighted by Crippen LogP contribution is -2.19. The van der Waals surface area contributed by atoms with Gasteiger partial charge in [0, 0.05) is 41.1 Å². The molecule has 186 valence electrons. The Bertz CT molecular complexity index is 1550. The highest BCUT2D eigenvalue weighted by atomic mass is 15.2. The van der Waals surface area contributed by atoms with Crippen molar-refractivity contribution in [3.63, 3.8) is 0 Å². The second kappa shape index (κ2) is 10.4. The highest BCUT2D eigenvalue weighted by Crippen LogP contribution is 2.40. The molecular formula is C36H32N2. The molecule has 5 aromatic rings. The number of rotatable bonds is 6. The minimum absolute atomic E-state index is 1.04. The standard InChI is InChI=1S/C36H32N2/c1-27-15-19-31(20-16-27)37(2)32-23-25-34(26-24-32)38(36-14-8-12-30-11-6-7-13-35(30)36)33-21-17-29(18-22-33)28-9-4-3-5-10-28/h3-7,9-11,13-26H,8,12H2,1-2H3. The molecule has 0 atom stereocenters. The summed E-state index contributed by atoms with van der Waals surface area (Å²) in [4.78, 5) is 4.64. The summed E-state index contributed by atoms with van der Waals surface area (Å²) in [5.41, 5.74) is 12.4. The van der Waals surface area contributed by atoms with Crippen LogP contribution in [0.4, 0.5) is 22.7 Å². The first-order chi connectivity index (χ1) is 18.7. The molecule has 0 amide bonds. The molecule has 0 radical (unpaired) electrons. The van der Waals surface area contributed by atoms with Gasteiger partial charge in [0.1, 0.15) is 0 Å². The molecule has 38 heavy (non-hydrogen) atoms. The fourth-order valence-corrected chi connectivity index (χ4v) is 5.28. The van der Waals surface area contributed by atoms with Crippen molar-refractivity contribution >= 4 is 28.4 Å². The van der Waals surface area contributed by atoms with Gasteiger partial charge in [-0.2, -0.15) is 0 Å². The SMILES string of the molecule is Cc1ccc(N(C)c2ccc(N(C3=CCCc4ccccc43)c3ccc(-c4ccccc4)cc3)cc2)cc1. The van der Waals surface area contributed by atoms with Crippen molar-refractivity contribution in [3.05, 3.63) is 150 Å². The Kier molecular flexibility index (Phi) is 6.54. The van der Waals surface area contributed by atoms with Crippen LogP contribution in [-0.2, 0) is 6.42 Å². The molecule has 0 unspecified atom stereocenters. The van der Waals surface area contributed by atoms with Gasteiger partial charge in [0.25, 0.3) is 0 Å². The maximum Gasteiger partial charge on any atom is 0.0497 e. The topological polar surface area (TPSA) is 6.48 Å². The summed E-state index contributed by atoms with van der Waals surface area (Å²) in [6.07, 6.45) is 4.51. The van der Waals surface area contributed by atoms with E-state index in [0.29, 0.717) is 0 Å². The van der Waals surface area contributed by atoms with Gasteiger partial charge in [0.15, 0.2) is 0 Å². The molecule has 0 saturated carbocycles. The molecule has 0 spiro atoms. The molecular weight excluding hydrogens is 460 g/mol. The Balaban J connectivity index is 1.39. The molecule has 6 rings (SSSR count). The Hall–Kier alpha value is -4.56. The molecule has 0 saturated heterocycles. The van der Waals surface area contributed by atoms with E-state index in [9.17, 15) is 0 Å². The zero-order valence-electron chi connectivity index (χ0n) is 22.0. The predicted octanol–water partition coefficient (Wildman–Crippen LogP) is 9.56. The summed E-state index contributed by atoms with van der Waals surface area (Å²) < 4.78 is 0. The van der Waals surface area contributed by atoms with Crippen molar-refractivity contribution in [2.75, 3.05) is 16.8 Å². The van der Waals surface area contributed by atoms with Gasteiger partial charge in [0.05, 0.1) is 0 Å². The third-order valence-electron chi connectivity index (χ3n) is 7.43. The molecule has 1 aliphatic rings. The van der Waals surface area contributed by atoms with Crippen LogP contribution in [0.1, 0.15) is 23.1 Å². The summed E-state index contributed by atoms with van der Waals surface area (Å²) >= 11 is 0.